The third-order valence-corrected chi connectivity index (χ3v) is 5.03. The Morgan fingerprint density at radius 2 is 2.00 bits per heavy atom. The Kier molecular flexibility index (Phi) is 7.21. The maximum Gasteiger partial charge on any atom is 0.252 e. The molecule has 1 amide bonds. The van der Waals surface area contributed by atoms with Crippen molar-refractivity contribution >= 4 is 23.2 Å². The number of nitrogens with zero attached hydrogens (tertiary/aromatic N) is 2. The van der Waals surface area contributed by atoms with Crippen molar-refractivity contribution in [3.8, 4) is 17.0 Å². The number of hydrogen-bond donors (Lipinski definition) is 4. The van der Waals surface area contributed by atoms with Gasteiger partial charge in [-0.1, -0.05) is 19.1 Å². The van der Waals surface area contributed by atoms with E-state index in [1.165, 1.54) is 0 Å². The molecule has 32 heavy (non-hydrogen) atoms. The number of ether oxygens (including phenoxy) is 1. The summed E-state index contributed by atoms with van der Waals surface area (Å²) in [6, 6.07) is 11.6. The summed E-state index contributed by atoms with van der Waals surface area (Å²) < 4.78 is 19.9. The second-order valence-electron chi connectivity index (χ2n) is 7.38. The first kappa shape index (κ1) is 23.0. The second kappa shape index (κ2) is 10.1. The molecule has 1 aromatic carbocycles. The van der Waals surface area contributed by atoms with Crippen LogP contribution in [0.15, 0.2) is 48.7 Å². The predicted molar refractivity (Wildman–Crippen MR) is 124 cm³/mol. The van der Waals surface area contributed by atoms with E-state index in [0.29, 0.717) is 23.6 Å². The van der Waals surface area contributed by atoms with Gasteiger partial charge in [0.1, 0.15) is 11.6 Å². The third-order valence-electron chi connectivity index (χ3n) is 5.03. The Labute approximate surface area is 186 Å². The van der Waals surface area contributed by atoms with Crippen molar-refractivity contribution in [2.75, 3.05) is 17.7 Å². The van der Waals surface area contributed by atoms with Gasteiger partial charge >= 0.3 is 0 Å². The Morgan fingerprint density at radius 3 is 2.66 bits per heavy atom. The van der Waals surface area contributed by atoms with Crippen LogP contribution in [0.4, 0.5) is 21.7 Å². The number of nitrogens with one attached hydrogen (secondary N) is 2. The van der Waals surface area contributed by atoms with Crippen LogP contribution in [0.3, 0.4) is 0 Å². The van der Waals surface area contributed by atoms with E-state index < -0.39 is 11.7 Å². The van der Waals surface area contributed by atoms with E-state index in [1.807, 2.05) is 38.1 Å². The Hall–Kier alpha value is -3.72. The zero-order valence-corrected chi connectivity index (χ0v) is 18.2. The van der Waals surface area contributed by atoms with Crippen LogP contribution >= 0.6 is 0 Å². The van der Waals surface area contributed by atoms with Gasteiger partial charge in [-0.2, -0.15) is 0 Å². The standard InChI is InChI=1S/C23H27FN6O2/c1-4-19(13(2)25)29-23-18(24)12-17(21(26)31)22(30-23)28-15-8-9-27-20(11-15)14-6-5-7-16(10-14)32-3/h5-13,19H,4,25H2,1-3H3,(H2,26,31)(H2,27,28,29,30)/t13-,19+/m0/s1. The molecular weight excluding hydrogens is 411 g/mol. The molecule has 0 aliphatic rings. The molecule has 8 nitrogen and oxygen atoms in total. The Morgan fingerprint density at radius 1 is 1.22 bits per heavy atom. The van der Waals surface area contributed by atoms with Crippen LogP contribution in [0.25, 0.3) is 11.3 Å². The number of benzene rings is 1. The van der Waals surface area contributed by atoms with Gasteiger partial charge in [0.15, 0.2) is 11.6 Å². The number of aromatic nitrogens is 2. The number of primary amides is 1. The monoisotopic (exact) mass is 438 g/mol. The summed E-state index contributed by atoms with van der Waals surface area (Å²) in [5.74, 6) is -0.663. The number of methoxy groups -OCH3 is 1. The fourth-order valence-corrected chi connectivity index (χ4v) is 3.24. The van der Waals surface area contributed by atoms with Gasteiger partial charge in [-0.15, -0.1) is 0 Å². The van der Waals surface area contributed by atoms with Crippen molar-refractivity contribution in [3.63, 3.8) is 0 Å². The van der Waals surface area contributed by atoms with Gasteiger partial charge in [0.25, 0.3) is 5.91 Å². The van der Waals surface area contributed by atoms with E-state index in [-0.39, 0.29) is 29.3 Å². The van der Waals surface area contributed by atoms with Crippen molar-refractivity contribution in [3.05, 3.63) is 60.0 Å². The van der Waals surface area contributed by atoms with Crippen LogP contribution < -0.4 is 26.8 Å². The minimum absolute atomic E-state index is 0.0104. The van der Waals surface area contributed by atoms with E-state index in [9.17, 15) is 9.18 Å². The molecule has 0 aliphatic carbocycles. The van der Waals surface area contributed by atoms with Gasteiger partial charge in [-0.25, -0.2) is 9.37 Å². The Balaban J connectivity index is 1.96. The number of carbonyl (C=O) groups excluding carboxylic acids is 1. The molecule has 0 fully saturated rings. The highest BCUT2D eigenvalue weighted by atomic mass is 19.1. The molecule has 168 valence electrons. The maximum atomic E-state index is 14.6. The average Bonchev–Trinajstić information content (AvgIpc) is 2.78. The molecule has 3 aromatic rings. The average molecular weight is 439 g/mol. The van der Waals surface area contributed by atoms with Crippen molar-refractivity contribution in [1.82, 2.24) is 9.97 Å². The largest absolute Gasteiger partial charge is 0.497 e. The number of hydrogen-bond acceptors (Lipinski definition) is 7. The van der Waals surface area contributed by atoms with Crippen LogP contribution in [0.1, 0.15) is 30.6 Å². The van der Waals surface area contributed by atoms with Gasteiger partial charge in [0.05, 0.1) is 18.4 Å². The fourth-order valence-electron chi connectivity index (χ4n) is 3.24. The molecule has 9 heteroatoms. The van der Waals surface area contributed by atoms with Crippen LogP contribution in [0.5, 0.6) is 5.75 Å². The number of anilines is 3. The summed E-state index contributed by atoms with van der Waals surface area (Å²) in [4.78, 5) is 20.6. The number of nitrogens with two attached hydrogens (primary N) is 2. The lowest BCUT2D eigenvalue weighted by atomic mass is 10.1. The van der Waals surface area contributed by atoms with E-state index in [2.05, 4.69) is 20.6 Å². The molecule has 6 N–H and O–H groups in total. The quantitative estimate of drug-likeness (QED) is 0.401. The summed E-state index contributed by atoms with van der Waals surface area (Å²) >= 11 is 0. The second-order valence-corrected chi connectivity index (χ2v) is 7.38. The number of halogens is 1. The Bertz CT molecular complexity index is 1110. The zero-order valence-electron chi connectivity index (χ0n) is 18.2. The van der Waals surface area contributed by atoms with Crippen LogP contribution in [0, 0.1) is 5.82 Å². The van der Waals surface area contributed by atoms with Crippen molar-refractivity contribution in [2.24, 2.45) is 11.5 Å². The van der Waals surface area contributed by atoms with Crippen molar-refractivity contribution in [1.29, 1.82) is 0 Å². The highest BCUT2D eigenvalue weighted by molar-refractivity contribution is 5.98. The minimum atomic E-state index is -0.799. The van der Waals surface area contributed by atoms with Gasteiger partial charge < -0.3 is 26.8 Å². The summed E-state index contributed by atoms with van der Waals surface area (Å²) in [5, 5.41) is 6.07. The first-order valence-electron chi connectivity index (χ1n) is 10.2. The fraction of sp³-hybridized carbons (Fsp3) is 0.261. The SMILES string of the molecule is CC[C@@H](Nc1nc(Nc2ccnc(-c3cccc(OC)c3)c2)c(C(N)=O)cc1F)[C@H](C)N. The van der Waals surface area contributed by atoms with E-state index >= 15 is 0 Å². The number of rotatable bonds is 9. The molecule has 0 aliphatic heterocycles. The highest BCUT2D eigenvalue weighted by Crippen LogP contribution is 2.28. The predicted octanol–water partition coefficient (Wildman–Crippen LogP) is 3.67. The lowest BCUT2D eigenvalue weighted by molar-refractivity contribution is 0.100. The lowest BCUT2D eigenvalue weighted by Gasteiger charge is -2.22. The number of carbonyl (C=O) groups is 1. The molecule has 0 saturated heterocycles. The first-order chi connectivity index (χ1) is 15.3. The van der Waals surface area contributed by atoms with Gasteiger partial charge in [0, 0.05) is 29.5 Å². The first-order valence-corrected chi connectivity index (χ1v) is 10.2. The van der Waals surface area contributed by atoms with E-state index in [4.69, 9.17) is 16.2 Å². The minimum Gasteiger partial charge on any atom is -0.497 e. The molecule has 3 rings (SSSR count). The molecule has 0 spiro atoms. The van der Waals surface area contributed by atoms with Gasteiger partial charge in [0.2, 0.25) is 0 Å². The van der Waals surface area contributed by atoms with Crippen molar-refractivity contribution < 1.29 is 13.9 Å². The normalized spacial score (nSPS) is 12.7. The number of amides is 1. The van der Waals surface area contributed by atoms with Crippen LogP contribution in [-0.4, -0.2) is 35.1 Å². The van der Waals surface area contributed by atoms with Crippen molar-refractivity contribution in [2.45, 2.75) is 32.4 Å². The third kappa shape index (κ3) is 5.30. The zero-order chi connectivity index (χ0) is 23.3. The molecule has 0 saturated carbocycles. The van der Waals surface area contributed by atoms with E-state index in [0.717, 1.165) is 11.6 Å². The van der Waals surface area contributed by atoms with Crippen LogP contribution in [0.2, 0.25) is 0 Å². The topological polar surface area (TPSA) is 128 Å². The maximum absolute atomic E-state index is 14.6. The molecule has 0 unspecified atom stereocenters. The smallest absolute Gasteiger partial charge is 0.252 e. The highest BCUT2D eigenvalue weighted by Gasteiger charge is 2.19. The molecule has 0 radical (unpaired) electrons. The molecule has 2 aromatic heterocycles. The van der Waals surface area contributed by atoms with E-state index in [1.54, 1.807) is 25.4 Å². The van der Waals surface area contributed by atoms with Crippen LogP contribution in [-0.2, 0) is 0 Å². The summed E-state index contributed by atoms with van der Waals surface area (Å²) in [7, 11) is 1.59. The molecule has 0 bridgehead atoms. The molecule has 2 heterocycles. The summed E-state index contributed by atoms with van der Waals surface area (Å²) in [5.41, 5.74) is 13.5. The molecule has 2 atom stereocenters. The summed E-state index contributed by atoms with van der Waals surface area (Å²) in [6.07, 6.45) is 2.29. The summed E-state index contributed by atoms with van der Waals surface area (Å²) in [6.45, 7) is 3.76. The van der Waals surface area contributed by atoms with Gasteiger partial charge in [-0.3, -0.25) is 9.78 Å². The number of pyridine rings is 2. The van der Waals surface area contributed by atoms with Gasteiger partial charge in [-0.05, 0) is 43.7 Å². The lowest BCUT2D eigenvalue weighted by Crippen LogP contribution is -2.38. The molecular formula is C23H27FN6O2.